The number of halogens is 1. The number of hydrogen-bond acceptors (Lipinski definition) is 4. The molecule has 1 atom stereocenters. The molecule has 2 heterocycles. The number of ether oxygens (including phenoxy) is 1. The molecule has 1 aliphatic heterocycles. The van der Waals surface area contributed by atoms with Crippen LogP contribution in [0.3, 0.4) is 0 Å². The molecule has 1 fully saturated rings. The second kappa shape index (κ2) is 12.1. The van der Waals surface area contributed by atoms with E-state index in [0.717, 1.165) is 49.9 Å². The van der Waals surface area contributed by atoms with Crippen molar-refractivity contribution in [2.24, 2.45) is 12.0 Å². The first-order chi connectivity index (χ1) is 14.0. The van der Waals surface area contributed by atoms with Crippen molar-refractivity contribution in [3.05, 3.63) is 47.8 Å². The summed E-state index contributed by atoms with van der Waals surface area (Å²) < 4.78 is 7.73. The van der Waals surface area contributed by atoms with Crippen LogP contribution in [0.15, 0.2) is 41.7 Å². The van der Waals surface area contributed by atoms with Crippen LogP contribution in [0, 0.1) is 0 Å². The van der Waals surface area contributed by atoms with Crippen LogP contribution in [0.25, 0.3) is 0 Å². The molecule has 1 saturated heterocycles. The van der Waals surface area contributed by atoms with Crippen molar-refractivity contribution in [3.8, 4) is 5.75 Å². The lowest BCUT2D eigenvalue weighted by Crippen LogP contribution is -2.40. The summed E-state index contributed by atoms with van der Waals surface area (Å²) in [5.41, 5.74) is 2.47. The molecule has 30 heavy (non-hydrogen) atoms. The van der Waals surface area contributed by atoms with Crippen LogP contribution in [-0.4, -0.2) is 72.4 Å². The van der Waals surface area contributed by atoms with Crippen LogP contribution < -0.4 is 10.1 Å². The van der Waals surface area contributed by atoms with Crippen LogP contribution in [0.5, 0.6) is 5.75 Å². The average molecular weight is 526 g/mol. The summed E-state index contributed by atoms with van der Waals surface area (Å²) >= 11 is 0. The van der Waals surface area contributed by atoms with E-state index in [2.05, 4.69) is 45.5 Å². The number of benzene rings is 1. The van der Waals surface area contributed by atoms with Gasteiger partial charge in [0, 0.05) is 45.3 Å². The number of guanidine groups is 1. The zero-order valence-electron chi connectivity index (χ0n) is 18.5. The molecular weight excluding hydrogens is 491 g/mol. The van der Waals surface area contributed by atoms with E-state index in [4.69, 9.17) is 9.73 Å². The standard InChI is InChI=1S/C22H34N6O.HI/c1-5-23-22(28-10-9-19(17-28)20-15-25-27(4)16-20)24-14-18-7-6-8-21(13-18)29-12-11-26(2)3;/h6-8,13,15-16,19H,5,9-12,14,17H2,1-4H3,(H,23,24);1H. The first-order valence-corrected chi connectivity index (χ1v) is 10.4. The topological polar surface area (TPSA) is 57.9 Å². The minimum atomic E-state index is 0. The summed E-state index contributed by atoms with van der Waals surface area (Å²) in [6.07, 6.45) is 5.24. The van der Waals surface area contributed by atoms with Gasteiger partial charge in [0.05, 0.1) is 12.7 Å². The van der Waals surface area contributed by atoms with Crippen molar-refractivity contribution >= 4 is 29.9 Å². The molecule has 0 amide bonds. The van der Waals surface area contributed by atoms with E-state index in [1.807, 2.05) is 44.2 Å². The fraction of sp³-hybridized carbons (Fsp3) is 0.545. The zero-order valence-corrected chi connectivity index (χ0v) is 20.9. The maximum absolute atomic E-state index is 5.85. The maximum Gasteiger partial charge on any atom is 0.194 e. The number of aliphatic imine (C=N–C) groups is 1. The summed E-state index contributed by atoms with van der Waals surface area (Å²) in [4.78, 5) is 9.37. The van der Waals surface area contributed by atoms with Crippen LogP contribution in [0.4, 0.5) is 0 Å². The predicted molar refractivity (Wildman–Crippen MR) is 133 cm³/mol. The molecule has 0 spiro atoms. The van der Waals surface area contributed by atoms with Crippen LogP contribution >= 0.6 is 24.0 Å². The number of hydrogen-bond donors (Lipinski definition) is 1. The van der Waals surface area contributed by atoms with E-state index < -0.39 is 0 Å². The van der Waals surface area contributed by atoms with Gasteiger partial charge in [-0.2, -0.15) is 5.10 Å². The van der Waals surface area contributed by atoms with Crippen molar-refractivity contribution in [1.82, 2.24) is 24.9 Å². The Labute approximate surface area is 197 Å². The molecule has 0 bridgehead atoms. The van der Waals surface area contributed by atoms with Gasteiger partial charge in [0.25, 0.3) is 0 Å². The molecule has 1 N–H and O–H groups in total. The van der Waals surface area contributed by atoms with E-state index in [-0.39, 0.29) is 24.0 Å². The SMILES string of the molecule is CCNC(=NCc1cccc(OCCN(C)C)c1)N1CCC(c2cnn(C)c2)C1.I. The monoisotopic (exact) mass is 526 g/mol. The van der Waals surface area contributed by atoms with E-state index in [0.29, 0.717) is 19.1 Å². The molecule has 0 radical (unpaired) electrons. The molecule has 0 aliphatic carbocycles. The molecule has 1 aromatic heterocycles. The van der Waals surface area contributed by atoms with Gasteiger partial charge >= 0.3 is 0 Å². The van der Waals surface area contributed by atoms with Gasteiger partial charge in [0.2, 0.25) is 0 Å². The van der Waals surface area contributed by atoms with Crippen LogP contribution in [-0.2, 0) is 13.6 Å². The van der Waals surface area contributed by atoms with Crippen molar-refractivity contribution in [3.63, 3.8) is 0 Å². The van der Waals surface area contributed by atoms with Gasteiger partial charge in [-0.3, -0.25) is 4.68 Å². The lowest BCUT2D eigenvalue weighted by atomic mass is 10.0. The van der Waals surface area contributed by atoms with Gasteiger partial charge in [-0.1, -0.05) is 12.1 Å². The van der Waals surface area contributed by atoms with Crippen molar-refractivity contribution in [2.75, 3.05) is 46.9 Å². The highest BCUT2D eigenvalue weighted by Crippen LogP contribution is 2.26. The predicted octanol–water partition coefficient (Wildman–Crippen LogP) is 2.93. The normalized spacial score (nSPS) is 16.6. The molecule has 166 valence electrons. The third kappa shape index (κ3) is 7.16. The fourth-order valence-corrected chi connectivity index (χ4v) is 3.55. The second-order valence-electron chi connectivity index (χ2n) is 7.85. The molecule has 1 unspecified atom stereocenters. The van der Waals surface area contributed by atoms with E-state index in [9.17, 15) is 0 Å². The Balaban J connectivity index is 0.00000320. The average Bonchev–Trinajstić information content (AvgIpc) is 3.34. The number of aromatic nitrogens is 2. The van der Waals surface area contributed by atoms with E-state index in [1.54, 1.807) is 0 Å². The number of aryl methyl sites for hydroxylation is 1. The molecule has 0 saturated carbocycles. The van der Waals surface area contributed by atoms with Gasteiger partial charge in [0.15, 0.2) is 5.96 Å². The quantitative estimate of drug-likeness (QED) is 0.326. The highest BCUT2D eigenvalue weighted by Gasteiger charge is 2.26. The highest BCUT2D eigenvalue weighted by molar-refractivity contribution is 14.0. The minimum absolute atomic E-state index is 0. The van der Waals surface area contributed by atoms with Crippen LogP contribution in [0.2, 0.25) is 0 Å². The Morgan fingerprint density at radius 3 is 2.90 bits per heavy atom. The minimum Gasteiger partial charge on any atom is -0.492 e. The smallest absolute Gasteiger partial charge is 0.194 e. The number of nitrogens with zero attached hydrogens (tertiary/aromatic N) is 5. The van der Waals surface area contributed by atoms with Gasteiger partial charge in [-0.15, -0.1) is 24.0 Å². The number of likely N-dealkylation sites (N-methyl/N-ethyl adjacent to an activating group) is 1. The molecule has 2 aromatic rings. The second-order valence-corrected chi connectivity index (χ2v) is 7.85. The Kier molecular flexibility index (Phi) is 9.90. The van der Waals surface area contributed by atoms with Crippen LogP contribution in [0.1, 0.15) is 30.4 Å². The molecule has 1 aliphatic rings. The molecule has 8 heteroatoms. The summed E-state index contributed by atoms with van der Waals surface area (Å²) in [5.74, 6) is 2.40. The Morgan fingerprint density at radius 2 is 2.20 bits per heavy atom. The summed E-state index contributed by atoms with van der Waals surface area (Å²) in [6.45, 7) is 7.20. The van der Waals surface area contributed by atoms with Gasteiger partial charge in [-0.25, -0.2) is 4.99 Å². The largest absolute Gasteiger partial charge is 0.492 e. The van der Waals surface area contributed by atoms with E-state index >= 15 is 0 Å². The Morgan fingerprint density at radius 1 is 1.37 bits per heavy atom. The third-order valence-electron chi connectivity index (χ3n) is 5.14. The molecule has 3 rings (SSSR count). The highest BCUT2D eigenvalue weighted by atomic mass is 127. The lowest BCUT2D eigenvalue weighted by molar-refractivity contribution is 0.261. The fourth-order valence-electron chi connectivity index (χ4n) is 3.55. The summed E-state index contributed by atoms with van der Waals surface area (Å²) in [6, 6.07) is 8.24. The van der Waals surface area contributed by atoms with Gasteiger partial charge < -0.3 is 19.9 Å². The number of nitrogens with one attached hydrogen (secondary N) is 1. The third-order valence-corrected chi connectivity index (χ3v) is 5.14. The summed E-state index contributed by atoms with van der Waals surface area (Å²) in [7, 11) is 6.07. The van der Waals surface area contributed by atoms with Crippen molar-refractivity contribution in [1.29, 1.82) is 0 Å². The lowest BCUT2D eigenvalue weighted by Gasteiger charge is -2.21. The van der Waals surface area contributed by atoms with Crippen molar-refractivity contribution in [2.45, 2.75) is 25.8 Å². The number of likely N-dealkylation sites (tertiary alicyclic amines) is 1. The van der Waals surface area contributed by atoms with Gasteiger partial charge in [-0.05, 0) is 50.7 Å². The Bertz CT molecular complexity index is 806. The molecule has 1 aromatic carbocycles. The van der Waals surface area contributed by atoms with Gasteiger partial charge in [0.1, 0.15) is 12.4 Å². The summed E-state index contributed by atoms with van der Waals surface area (Å²) in [5, 5.41) is 7.77. The number of rotatable bonds is 8. The first kappa shape index (κ1) is 24.5. The van der Waals surface area contributed by atoms with E-state index in [1.165, 1.54) is 5.56 Å². The maximum atomic E-state index is 5.85. The molecular formula is C22H35IN6O. The van der Waals surface area contributed by atoms with Crippen molar-refractivity contribution < 1.29 is 4.74 Å². The first-order valence-electron chi connectivity index (χ1n) is 10.4. The zero-order chi connectivity index (χ0) is 20.6. The Hall–Kier alpha value is -1.81. The molecule has 7 nitrogen and oxygen atoms in total.